The standard InChI is InChI=1S/C9H16O2/c1-7(4-5-10)6-8(2)9(3)11/h5,7-8H,4,6H2,1-3H3. The van der Waals surface area contributed by atoms with Crippen LogP contribution in [0, 0.1) is 11.8 Å². The highest BCUT2D eigenvalue weighted by Crippen LogP contribution is 2.14. The Morgan fingerprint density at radius 3 is 2.36 bits per heavy atom. The fourth-order valence-corrected chi connectivity index (χ4v) is 1.03. The number of aldehydes is 1. The number of hydrogen-bond donors (Lipinski definition) is 0. The van der Waals surface area contributed by atoms with Gasteiger partial charge in [0, 0.05) is 12.3 Å². The largest absolute Gasteiger partial charge is 0.303 e. The highest BCUT2D eigenvalue weighted by Gasteiger charge is 2.11. The topological polar surface area (TPSA) is 34.1 Å². The second-order valence-electron chi connectivity index (χ2n) is 3.25. The molecule has 0 spiro atoms. The summed E-state index contributed by atoms with van der Waals surface area (Å²) in [6, 6.07) is 0. The van der Waals surface area contributed by atoms with Crippen LogP contribution in [0.3, 0.4) is 0 Å². The zero-order valence-electron chi connectivity index (χ0n) is 7.46. The van der Waals surface area contributed by atoms with Crippen LogP contribution >= 0.6 is 0 Å². The molecule has 0 amide bonds. The number of ketones is 1. The fraction of sp³-hybridized carbons (Fsp3) is 0.778. The van der Waals surface area contributed by atoms with Crippen molar-refractivity contribution in [3.63, 3.8) is 0 Å². The van der Waals surface area contributed by atoms with Crippen LogP contribution in [0.1, 0.15) is 33.6 Å². The lowest BCUT2D eigenvalue weighted by molar-refractivity contribution is -0.121. The molecule has 0 saturated heterocycles. The molecule has 2 heteroatoms. The Labute approximate surface area is 68.0 Å². The minimum atomic E-state index is 0.102. The summed E-state index contributed by atoms with van der Waals surface area (Å²) in [5.41, 5.74) is 0. The molecule has 0 bridgehead atoms. The van der Waals surface area contributed by atoms with E-state index in [1.807, 2.05) is 13.8 Å². The lowest BCUT2D eigenvalue weighted by Crippen LogP contribution is -2.10. The molecule has 0 rings (SSSR count). The molecule has 0 aliphatic heterocycles. The van der Waals surface area contributed by atoms with Crippen molar-refractivity contribution in [2.24, 2.45) is 11.8 Å². The molecule has 11 heavy (non-hydrogen) atoms. The van der Waals surface area contributed by atoms with Crippen molar-refractivity contribution in [2.75, 3.05) is 0 Å². The number of rotatable bonds is 5. The van der Waals surface area contributed by atoms with Gasteiger partial charge in [-0.1, -0.05) is 13.8 Å². The molecule has 2 nitrogen and oxygen atoms in total. The fourth-order valence-electron chi connectivity index (χ4n) is 1.03. The van der Waals surface area contributed by atoms with Crippen LogP contribution in [0.5, 0.6) is 0 Å². The first-order valence-electron chi connectivity index (χ1n) is 4.02. The molecular weight excluding hydrogens is 140 g/mol. The number of hydrogen-bond acceptors (Lipinski definition) is 2. The molecule has 0 aromatic carbocycles. The molecule has 0 aromatic heterocycles. The van der Waals surface area contributed by atoms with E-state index in [1.165, 1.54) is 0 Å². The molecule has 0 radical (unpaired) electrons. The van der Waals surface area contributed by atoms with Crippen LogP contribution < -0.4 is 0 Å². The Balaban J connectivity index is 3.64. The Hall–Kier alpha value is -0.660. The molecular formula is C9H16O2. The van der Waals surface area contributed by atoms with Gasteiger partial charge in [-0.25, -0.2) is 0 Å². The molecule has 64 valence electrons. The van der Waals surface area contributed by atoms with Gasteiger partial charge in [0.05, 0.1) is 0 Å². The van der Waals surface area contributed by atoms with E-state index in [-0.39, 0.29) is 11.7 Å². The summed E-state index contributed by atoms with van der Waals surface area (Å²) in [6.07, 6.45) is 2.31. The quantitative estimate of drug-likeness (QED) is 0.569. The van der Waals surface area contributed by atoms with Crippen LogP contribution in [0.2, 0.25) is 0 Å². The Bertz CT molecular complexity index is 140. The maximum absolute atomic E-state index is 10.8. The van der Waals surface area contributed by atoms with Gasteiger partial charge in [-0.2, -0.15) is 0 Å². The SMILES string of the molecule is CC(=O)C(C)CC(C)CC=O. The van der Waals surface area contributed by atoms with E-state index in [1.54, 1.807) is 6.92 Å². The van der Waals surface area contributed by atoms with Crippen molar-refractivity contribution in [1.29, 1.82) is 0 Å². The van der Waals surface area contributed by atoms with Crippen molar-refractivity contribution >= 4 is 12.1 Å². The summed E-state index contributed by atoms with van der Waals surface area (Å²) in [5.74, 6) is 0.652. The highest BCUT2D eigenvalue weighted by atomic mass is 16.1. The van der Waals surface area contributed by atoms with Gasteiger partial charge < -0.3 is 4.79 Å². The van der Waals surface area contributed by atoms with Gasteiger partial charge in [-0.15, -0.1) is 0 Å². The number of carbonyl (C=O) groups excluding carboxylic acids is 2. The van der Waals surface area contributed by atoms with E-state index in [4.69, 9.17) is 0 Å². The minimum absolute atomic E-state index is 0.102. The highest BCUT2D eigenvalue weighted by molar-refractivity contribution is 5.77. The molecule has 2 atom stereocenters. The second-order valence-corrected chi connectivity index (χ2v) is 3.25. The Morgan fingerprint density at radius 1 is 1.45 bits per heavy atom. The molecule has 0 heterocycles. The third kappa shape index (κ3) is 4.71. The van der Waals surface area contributed by atoms with Gasteiger partial charge in [-0.3, -0.25) is 4.79 Å². The van der Waals surface area contributed by atoms with Gasteiger partial charge in [0.1, 0.15) is 12.1 Å². The van der Waals surface area contributed by atoms with Gasteiger partial charge >= 0.3 is 0 Å². The van der Waals surface area contributed by atoms with Gasteiger partial charge in [-0.05, 0) is 19.3 Å². The summed E-state index contributed by atoms with van der Waals surface area (Å²) >= 11 is 0. The zero-order valence-corrected chi connectivity index (χ0v) is 7.46. The lowest BCUT2D eigenvalue weighted by Gasteiger charge is -2.11. The van der Waals surface area contributed by atoms with Gasteiger partial charge in [0.15, 0.2) is 0 Å². The summed E-state index contributed by atoms with van der Waals surface area (Å²) in [7, 11) is 0. The van der Waals surface area contributed by atoms with E-state index in [0.717, 1.165) is 12.7 Å². The molecule has 0 fully saturated rings. The van der Waals surface area contributed by atoms with E-state index in [9.17, 15) is 9.59 Å². The summed E-state index contributed by atoms with van der Waals surface area (Å²) in [6.45, 7) is 5.50. The summed E-state index contributed by atoms with van der Waals surface area (Å²) < 4.78 is 0. The monoisotopic (exact) mass is 156 g/mol. The first kappa shape index (κ1) is 10.3. The molecule has 0 N–H and O–H groups in total. The van der Waals surface area contributed by atoms with Crippen LogP contribution in [0.25, 0.3) is 0 Å². The first-order chi connectivity index (χ1) is 5.07. The first-order valence-corrected chi connectivity index (χ1v) is 4.02. The maximum Gasteiger partial charge on any atom is 0.132 e. The minimum Gasteiger partial charge on any atom is -0.303 e. The van der Waals surface area contributed by atoms with E-state index in [2.05, 4.69) is 0 Å². The van der Waals surface area contributed by atoms with E-state index >= 15 is 0 Å². The van der Waals surface area contributed by atoms with Crippen molar-refractivity contribution in [1.82, 2.24) is 0 Å². The average molecular weight is 156 g/mol. The summed E-state index contributed by atoms with van der Waals surface area (Å²) in [4.78, 5) is 20.9. The molecule has 0 aliphatic rings. The predicted molar refractivity (Wildman–Crippen MR) is 44.3 cm³/mol. The average Bonchev–Trinajstić information content (AvgIpc) is 1.87. The smallest absolute Gasteiger partial charge is 0.132 e. The van der Waals surface area contributed by atoms with Gasteiger partial charge in [0.25, 0.3) is 0 Å². The normalized spacial score (nSPS) is 15.5. The third-order valence-electron chi connectivity index (χ3n) is 1.95. The van der Waals surface area contributed by atoms with Crippen LogP contribution in [0.4, 0.5) is 0 Å². The molecule has 0 aromatic rings. The van der Waals surface area contributed by atoms with Crippen LogP contribution in [-0.2, 0) is 9.59 Å². The van der Waals surface area contributed by atoms with Crippen molar-refractivity contribution < 1.29 is 9.59 Å². The van der Waals surface area contributed by atoms with Crippen molar-refractivity contribution in [3.8, 4) is 0 Å². The molecule has 0 saturated carbocycles. The number of carbonyl (C=O) groups is 2. The zero-order chi connectivity index (χ0) is 8.85. The van der Waals surface area contributed by atoms with Crippen molar-refractivity contribution in [2.45, 2.75) is 33.6 Å². The Kier molecular flexibility index (Phi) is 4.75. The van der Waals surface area contributed by atoms with E-state index in [0.29, 0.717) is 12.3 Å². The second kappa shape index (κ2) is 5.05. The van der Waals surface area contributed by atoms with Gasteiger partial charge in [0.2, 0.25) is 0 Å². The van der Waals surface area contributed by atoms with Crippen LogP contribution in [0.15, 0.2) is 0 Å². The maximum atomic E-state index is 10.8. The summed E-state index contributed by atoms with van der Waals surface area (Å²) in [5, 5.41) is 0. The predicted octanol–water partition coefficient (Wildman–Crippen LogP) is 1.83. The molecule has 0 aliphatic carbocycles. The van der Waals surface area contributed by atoms with Crippen LogP contribution in [-0.4, -0.2) is 12.1 Å². The number of Topliss-reactive ketones (excluding diaryl/α,β-unsaturated/α-hetero) is 1. The third-order valence-corrected chi connectivity index (χ3v) is 1.95. The Morgan fingerprint density at radius 2 is 2.00 bits per heavy atom. The van der Waals surface area contributed by atoms with Crippen molar-refractivity contribution in [3.05, 3.63) is 0 Å². The lowest BCUT2D eigenvalue weighted by atomic mass is 9.93. The molecule has 2 unspecified atom stereocenters. The van der Waals surface area contributed by atoms with E-state index < -0.39 is 0 Å².